The second-order valence-electron chi connectivity index (χ2n) is 7.72. The van der Waals surface area contributed by atoms with E-state index in [4.69, 9.17) is 9.47 Å². The number of fused-ring (bicyclic) bond motifs is 1. The zero-order valence-electron chi connectivity index (χ0n) is 15.6. The van der Waals surface area contributed by atoms with Crippen LogP contribution in [0.5, 0.6) is 5.75 Å². The van der Waals surface area contributed by atoms with E-state index in [2.05, 4.69) is 10.6 Å². The van der Waals surface area contributed by atoms with Crippen molar-refractivity contribution in [2.75, 3.05) is 43.1 Å². The van der Waals surface area contributed by atoms with E-state index in [0.717, 1.165) is 6.54 Å². The van der Waals surface area contributed by atoms with Gasteiger partial charge in [0.25, 0.3) is 0 Å². The number of carbonyl (C=O) groups excluding carboxylic acids is 2. The third-order valence-corrected chi connectivity index (χ3v) is 4.42. The molecule has 0 radical (unpaired) electrons. The lowest BCUT2D eigenvalue weighted by Crippen LogP contribution is -2.44. The standard InChI is InChI=1S/C19H27N3O4/c1-19(2,3)18(24)22-7-9-26-16-5-4-13(10-15(16)22)21-17(23)11-14-12-25-8-6-20-14/h4-5,10,14,20H,6-9,11-12H2,1-3H3,(H,21,23). The zero-order valence-corrected chi connectivity index (χ0v) is 15.6. The van der Waals surface area contributed by atoms with Crippen LogP contribution in [0, 0.1) is 5.41 Å². The van der Waals surface area contributed by atoms with Crippen LogP contribution in [0.3, 0.4) is 0 Å². The molecule has 2 heterocycles. The van der Waals surface area contributed by atoms with Crippen LogP contribution < -0.4 is 20.3 Å². The van der Waals surface area contributed by atoms with Gasteiger partial charge in [0, 0.05) is 30.1 Å². The van der Waals surface area contributed by atoms with Crippen LogP contribution in [-0.4, -0.2) is 50.8 Å². The average molecular weight is 361 g/mol. The molecule has 1 saturated heterocycles. The lowest BCUT2D eigenvalue weighted by molar-refractivity contribution is -0.126. The summed E-state index contributed by atoms with van der Waals surface area (Å²) < 4.78 is 11.0. The van der Waals surface area contributed by atoms with Crippen LogP contribution in [-0.2, 0) is 14.3 Å². The predicted octanol–water partition coefficient (Wildman–Crippen LogP) is 1.78. The minimum atomic E-state index is -0.486. The van der Waals surface area contributed by atoms with Gasteiger partial charge >= 0.3 is 0 Å². The minimum absolute atomic E-state index is 0.0312. The van der Waals surface area contributed by atoms with E-state index in [0.29, 0.717) is 49.9 Å². The van der Waals surface area contributed by atoms with Crippen molar-refractivity contribution < 1.29 is 19.1 Å². The highest BCUT2D eigenvalue weighted by Gasteiger charge is 2.32. The van der Waals surface area contributed by atoms with E-state index < -0.39 is 5.41 Å². The maximum absolute atomic E-state index is 12.7. The number of hydrogen-bond acceptors (Lipinski definition) is 5. The van der Waals surface area contributed by atoms with E-state index >= 15 is 0 Å². The quantitative estimate of drug-likeness (QED) is 0.858. The van der Waals surface area contributed by atoms with E-state index in [-0.39, 0.29) is 17.9 Å². The van der Waals surface area contributed by atoms with Gasteiger partial charge in [-0.25, -0.2) is 0 Å². The van der Waals surface area contributed by atoms with Crippen LogP contribution >= 0.6 is 0 Å². The maximum atomic E-state index is 12.7. The van der Waals surface area contributed by atoms with Gasteiger partial charge < -0.3 is 25.0 Å². The van der Waals surface area contributed by atoms with E-state index in [9.17, 15) is 9.59 Å². The van der Waals surface area contributed by atoms with Gasteiger partial charge in [-0.2, -0.15) is 0 Å². The van der Waals surface area contributed by atoms with Crippen molar-refractivity contribution in [1.82, 2.24) is 5.32 Å². The lowest BCUT2D eigenvalue weighted by Gasteiger charge is -2.34. The van der Waals surface area contributed by atoms with Gasteiger partial charge in [-0.05, 0) is 18.2 Å². The van der Waals surface area contributed by atoms with E-state index in [1.165, 1.54) is 0 Å². The molecule has 2 aliphatic rings. The van der Waals surface area contributed by atoms with Crippen molar-refractivity contribution in [2.45, 2.75) is 33.2 Å². The van der Waals surface area contributed by atoms with Crippen LogP contribution in [0.1, 0.15) is 27.2 Å². The molecule has 3 rings (SSSR count). The number of nitrogens with one attached hydrogen (secondary N) is 2. The summed E-state index contributed by atoms with van der Waals surface area (Å²) in [5.74, 6) is 0.613. The molecule has 1 atom stereocenters. The third kappa shape index (κ3) is 4.34. The van der Waals surface area contributed by atoms with Crippen LogP contribution in [0.25, 0.3) is 0 Å². The Bertz CT molecular complexity index is 678. The molecule has 0 spiro atoms. The SMILES string of the molecule is CC(C)(C)C(=O)N1CCOc2ccc(NC(=O)CC3COCCN3)cc21. The number of benzene rings is 1. The molecule has 2 N–H and O–H groups in total. The van der Waals surface area contributed by atoms with Crippen molar-refractivity contribution in [3.63, 3.8) is 0 Å². The number of morpholine rings is 1. The van der Waals surface area contributed by atoms with E-state index in [1.54, 1.807) is 23.1 Å². The first-order chi connectivity index (χ1) is 12.3. The Morgan fingerprint density at radius 2 is 2.12 bits per heavy atom. The summed E-state index contributed by atoms with van der Waals surface area (Å²) in [4.78, 5) is 26.8. The number of amides is 2. The molecule has 1 unspecified atom stereocenters. The summed E-state index contributed by atoms with van der Waals surface area (Å²) in [6.07, 6.45) is 0.345. The molecular formula is C19H27N3O4. The second-order valence-corrected chi connectivity index (χ2v) is 7.72. The van der Waals surface area contributed by atoms with Crippen molar-refractivity contribution in [2.24, 2.45) is 5.41 Å². The molecule has 142 valence electrons. The molecule has 0 aromatic heterocycles. The van der Waals surface area contributed by atoms with Crippen molar-refractivity contribution in [1.29, 1.82) is 0 Å². The molecule has 0 aliphatic carbocycles. The van der Waals surface area contributed by atoms with Crippen molar-refractivity contribution in [3.05, 3.63) is 18.2 Å². The molecular weight excluding hydrogens is 334 g/mol. The number of anilines is 2. The number of nitrogens with zero attached hydrogens (tertiary/aromatic N) is 1. The highest BCUT2D eigenvalue weighted by molar-refractivity contribution is 6.00. The molecule has 0 bridgehead atoms. The molecule has 7 heteroatoms. The summed E-state index contributed by atoms with van der Waals surface area (Å²) in [5.41, 5.74) is 0.872. The molecule has 1 aromatic carbocycles. The summed E-state index contributed by atoms with van der Waals surface area (Å²) in [5, 5.41) is 6.18. The second kappa shape index (κ2) is 7.63. The summed E-state index contributed by atoms with van der Waals surface area (Å²) in [6, 6.07) is 5.44. The van der Waals surface area contributed by atoms with Gasteiger partial charge in [0.05, 0.1) is 25.4 Å². The summed E-state index contributed by atoms with van der Waals surface area (Å²) in [6.45, 7) is 8.65. The number of carbonyl (C=O) groups is 2. The predicted molar refractivity (Wildman–Crippen MR) is 99.6 cm³/mol. The Balaban J connectivity index is 1.72. The molecule has 1 fully saturated rings. The number of ether oxygens (including phenoxy) is 2. The van der Waals surface area contributed by atoms with Gasteiger partial charge in [0.2, 0.25) is 11.8 Å². The first-order valence-corrected chi connectivity index (χ1v) is 9.04. The summed E-state index contributed by atoms with van der Waals surface area (Å²) >= 11 is 0. The fraction of sp³-hybridized carbons (Fsp3) is 0.579. The van der Waals surface area contributed by atoms with Crippen LogP contribution in [0.2, 0.25) is 0 Å². The topological polar surface area (TPSA) is 79.9 Å². The van der Waals surface area contributed by atoms with Gasteiger partial charge in [0.1, 0.15) is 12.4 Å². The monoisotopic (exact) mass is 361 g/mol. The highest BCUT2D eigenvalue weighted by atomic mass is 16.5. The lowest BCUT2D eigenvalue weighted by atomic mass is 9.94. The number of hydrogen-bond donors (Lipinski definition) is 2. The smallest absolute Gasteiger partial charge is 0.232 e. The summed E-state index contributed by atoms with van der Waals surface area (Å²) in [7, 11) is 0. The normalized spacial score (nSPS) is 20.1. The first-order valence-electron chi connectivity index (χ1n) is 9.04. The number of rotatable bonds is 3. The molecule has 1 aromatic rings. The fourth-order valence-corrected chi connectivity index (χ4v) is 3.10. The fourth-order valence-electron chi connectivity index (χ4n) is 3.10. The Morgan fingerprint density at radius 3 is 2.81 bits per heavy atom. The van der Waals surface area contributed by atoms with Gasteiger partial charge in [0.15, 0.2) is 0 Å². The molecule has 26 heavy (non-hydrogen) atoms. The van der Waals surface area contributed by atoms with Crippen LogP contribution in [0.15, 0.2) is 18.2 Å². The van der Waals surface area contributed by atoms with Gasteiger partial charge in [-0.3, -0.25) is 9.59 Å². The minimum Gasteiger partial charge on any atom is -0.490 e. The third-order valence-electron chi connectivity index (χ3n) is 4.42. The molecule has 7 nitrogen and oxygen atoms in total. The van der Waals surface area contributed by atoms with Gasteiger partial charge in [-0.15, -0.1) is 0 Å². The van der Waals surface area contributed by atoms with E-state index in [1.807, 2.05) is 20.8 Å². The average Bonchev–Trinajstić information content (AvgIpc) is 2.60. The maximum Gasteiger partial charge on any atom is 0.232 e. The largest absolute Gasteiger partial charge is 0.490 e. The Morgan fingerprint density at radius 1 is 1.31 bits per heavy atom. The first kappa shape index (κ1) is 18.7. The van der Waals surface area contributed by atoms with Gasteiger partial charge in [-0.1, -0.05) is 20.8 Å². The highest BCUT2D eigenvalue weighted by Crippen LogP contribution is 2.36. The molecule has 2 aliphatic heterocycles. The Kier molecular flexibility index (Phi) is 5.48. The van der Waals surface area contributed by atoms with Crippen molar-refractivity contribution in [3.8, 4) is 5.75 Å². The van der Waals surface area contributed by atoms with Crippen LogP contribution in [0.4, 0.5) is 11.4 Å². The Labute approximate surface area is 154 Å². The Hall–Kier alpha value is -2.12. The zero-order chi connectivity index (χ0) is 18.7. The van der Waals surface area contributed by atoms with Crippen molar-refractivity contribution >= 4 is 23.2 Å². The molecule has 0 saturated carbocycles. The molecule has 2 amide bonds.